The lowest BCUT2D eigenvalue weighted by molar-refractivity contribution is -0.137. The number of amides is 1. The molecule has 0 atom stereocenters. The largest absolute Gasteiger partial charge is 0.416 e. The molecule has 0 radical (unpaired) electrons. The highest BCUT2D eigenvalue weighted by molar-refractivity contribution is 7.18. The van der Waals surface area contributed by atoms with Crippen molar-refractivity contribution >= 4 is 22.4 Å². The van der Waals surface area contributed by atoms with Crippen molar-refractivity contribution in [3.8, 4) is 5.00 Å². The lowest BCUT2D eigenvalue weighted by Crippen LogP contribution is -2.16. The summed E-state index contributed by atoms with van der Waals surface area (Å²) < 4.78 is 40.1. The molecule has 0 saturated carbocycles. The number of aromatic nitrogens is 4. The Bertz CT molecular complexity index is 958. The van der Waals surface area contributed by atoms with Crippen LogP contribution in [-0.4, -0.2) is 25.7 Å². The molecule has 0 aliphatic heterocycles. The maximum Gasteiger partial charge on any atom is 0.416 e. The summed E-state index contributed by atoms with van der Waals surface area (Å²) in [6.45, 7) is 5.88. The Morgan fingerprint density at radius 2 is 1.96 bits per heavy atom. The molecule has 1 aromatic carbocycles. The van der Waals surface area contributed by atoms with Gasteiger partial charge in [-0.2, -0.15) is 18.3 Å². The Labute approximate surface area is 157 Å². The van der Waals surface area contributed by atoms with Crippen molar-refractivity contribution in [2.45, 2.75) is 32.4 Å². The van der Waals surface area contributed by atoms with Crippen molar-refractivity contribution < 1.29 is 18.0 Å². The van der Waals surface area contributed by atoms with Crippen molar-refractivity contribution in [3.63, 3.8) is 0 Å². The van der Waals surface area contributed by atoms with E-state index in [-0.39, 0.29) is 16.1 Å². The van der Waals surface area contributed by atoms with Gasteiger partial charge in [-0.25, -0.2) is 14.6 Å². The number of anilines is 1. The van der Waals surface area contributed by atoms with Crippen LogP contribution in [0.2, 0.25) is 0 Å². The molecule has 6 nitrogen and oxygen atoms in total. The number of hydrogen-bond acceptors (Lipinski definition) is 5. The Morgan fingerprint density at radius 3 is 2.56 bits per heavy atom. The zero-order valence-electron chi connectivity index (χ0n) is 14.7. The number of benzene rings is 1. The van der Waals surface area contributed by atoms with Gasteiger partial charge in [-0.3, -0.25) is 10.1 Å². The van der Waals surface area contributed by atoms with Crippen molar-refractivity contribution in [3.05, 3.63) is 53.7 Å². The SMILES string of the molecule is CC(C)(C)c1nc(NC(=O)c2cccc(C(F)(F)F)c2)sc1-n1cncn1. The van der Waals surface area contributed by atoms with Crippen LogP contribution in [0.3, 0.4) is 0 Å². The molecular weight excluding hydrogens is 379 g/mol. The van der Waals surface area contributed by atoms with Gasteiger partial charge in [0.2, 0.25) is 0 Å². The standard InChI is InChI=1S/C17H16F3N5OS/c1-16(2,3)12-14(25-9-21-8-22-25)27-15(23-12)24-13(26)10-5-4-6-11(7-10)17(18,19)20/h4-9H,1-3H3,(H,23,24,26). The first-order valence-electron chi connectivity index (χ1n) is 7.90. The maximum atomic E-state index is 12.8. The van der Waals surface area contributed by atoms with Gasteiger partial charge in [0.15, 0.2) is 5.13 Å². The average Bonchev–Trinajstić information content (AvgIpc) is 3.22. The van der Waals surface area contributed by atoms with Gasteiger partial charge in [0.25, 0.3) is 5.91 Å². The Hall–Kier alpha value is -2.75. The number of carbonyl (C=O) groups excluding carboxylic acids is 1. The summed E-state index contributed by atoms with van der Waals surface area (Å²) in [6.07, 6.45) is -1.62. The van der Waals surface area contributed by atoms with Crippen molar-refractivity contribution in [1.29, 1.82) is 0 Å². The fourth-order valence-electron chi connectivity index (χ4n) is 2.33. The summed E-state index contributed by atoms with van der Waals surface area (Å²) in [4.78, 5) is 20.8. The number of thiazole rings is 1. The molecule has 0 spiro atoms. The molecule has 1 amide bonds. The van der Waals surface area contributed by atoms with E-state index in [0.29, 0.717) is 10.7 Å². The predicted molar refractivity (Wildman–Crippen MR) is 95.1 cm³/mol. The molecule has 1 N–H and O–H groups in total. The van der Waals surface area contributed by atoms with E-state index in [1.54, 1.807) is 0 Å². The molecule has 0 unspecified atom stereocenters. The highest BCUT2D eigenvalue weighted by atomic mass is 32.1. The minimum absolute atomic E-state index is 0.0976. The molecule has 3 rings (SSSR count). The Kier molecular flexibility index (Phi) is 4.77. The summed E-state index contributed by atoms with van der Waals surface area (Å²) in [5, 5.41) is 7.61. The van der Waals surface area contributed by atoms with E-state index < -0.39 is 17.6 Å². The lowest BCUT2D eigenvalue weighted by atomic mass is 9.92. The van der Waals surface area contributed by atoms with Crippen LogP contribution in [0.1, 0.15) is 42.4 Å². The molecule has 2 heterocycles. The Balaban J connectivity index is 1.91. The highest BCUT2D eigenvalue weighted by Gasteiger charge is 2.31. The van der Waals surface area contributed by atoms with Gasteiger partial charge >= 0.3 is 6.18 Å². The molecule has 27 heavy (non-hydrogen) atoms. The van der Waals surface area contributed by atoms with Gasteiger partial charge < -0.3 is 0 Å². The van der Waals surface area contributed by atoms with E-state index in [1.165, 1.54) is 40.8 Å². The number of alkyl halides is 3. The number of halogens is 3. The minimum Gasteiger partial charge on any atom is -0.298 e. The molecular formula is C17H16F3N5OS. The van der Waals surface area contributed by atoms with E-state index in [0.717, 1.165) is 12.1 Å². The van der Waals surface area contributed by atoms with Crippen molar-refractivity contribution in [2.24, 2.45) is 0 Å². The second-order valence-corrected chi connectivity index (χ2v) is 7.77. The molecule has 142 valence electrons. The fraction of sp³-hybridized carbons (Fsp3) is 0.294. The second-order valence-electron chi connectivity index (χ2n) is 6.80. The van der Waals surface area contributed by atoms with Crippen LogP contribution in [0.5, 0.6) is 0 Å². The summed E-state index contributed by atoms with van der Waals surface area (Å²) in [5.41, 5.74) is -0.623. The van der Waals surface area contributed by atoms with Crippen LogP contribution >= 0.6 is 11.3 Å². The van der Waals surface area contributed by atoms with Gasteiger partial charge in [0, 0.05) is 11.0 Å². The van der Waals surface area contributed by atoms with E-state index >= 15 is 0 Å². The van der Waals surface area contributed by atoms with E-state index in [9.17, 15) is 18.0 Å². The van der Waals surface area contributed by atoms with Gasteiger partial charge in [0.05, 0.1) is 11.3 Å². The highest BCUT2D eigenvalue weighted by Crippen LogP contribution is 2.35. The topological polar surface area (TPSA) is 72.7 Å². The molecule has 0 saturated heterocycles. The van der Waals surface area contributed by atoms with E-state index in [1.807, 2.05) is 20.8 Å². The second kappa shape index (κ2) is 6.76. The van der Waals surface area contributed by atoms with Gasteiger partial charge in [-0.1, -0.05) is 38.2 Å². The molecule has 10 heteroatoms. The maximum absolute atomic E-state index is 12.8. The van der Waals surface area contributed by atoms with E-state index in [4.69, 9.17) is 0 Å². The number of hydrogen-bond donors (Lipinski definition) is 1. The smallest absolute Gasteiger partial charge is 0.298 e. The van der Waals surface area contributed by atoms with Crippen LogP contribution < -0.4 is 5.32 Å². The third kappa shape index (κ3) is 4.16. The summed E-state index contributed by atoms with van der Waals surface area (Å²) in [6, 6.07) is 4.24. The Morgan fingerprint density at radius 1 is 1.22 bits per heavy atom. The zero-order valence-corrected chi connectivity index (χ0v) is 15.5. The summed E-state index contributed by atoms with van der Waals surface area (Å²) >= 11 is 1.17. The van der Waals surface area contributed by atoms with Crippen LogP contribution in [-0.2, 0) is 11.6 Å². The third-order valence-electron chi connectivity index (χ3n) is 3.62. The first kappa shape index (κ1) is 19.0. The first-order chi connectivity index (χ1) is 12.6. The fourth-order valence-corrected chi connectivity index (χ4v) is 3.43. The number of rotatable bonds is 3. The quantitative estimate of drug-likeness (QED) is 0.718. The molecule has 3 aromatic rings. The molecule has 0 fully saturated rings. The summed E-state index contributed by atoms with van der Waals surface area (Å²) in [7, 11) is 0. The normalized spacial score (nSPS) is 12.2. The predicted octanol–water partition coefficient (Wildman–Crippen LogP) is 4.29. The van der Waals surface area contributed by atoms with Crippen LogP contribution in [0.25, 0.3) is 5.00 Å². The molecule has 0 aliphatic carbocycles. The van der Waals surface area contributed by atoms with Crippen LogP contribution in [0, 0.1) is 0 Å². The van der Waals surface area contributed by atoms with Crippen LogP contribution in [0.15, 0.2) is 36.9 Å². The summed E-state index contributed by atoms with van der Waals surface area (Å²) in [5.74, 6) is -0.666. The van der Waals surface area contributed by atoms with Crippen molar-refractivity contribution in [2.75, 3.05) is 5.32 Å². The molecule has 2 aromatic heterocycles. The van der Waals surface area contributed by atoms with Crippen LogP contribution in [0.4, 0.5) is 18.3 Å². The number of carbonyl (C=O) groups is 1. The molecule has 0 aliphatic rings. The van der Waals surface area contributed by atoms with Gasteiger partial charge in [-0.15, -0.1) is 0 Å². The van der Waals surface area contributed by atoms with Crippen molar-refractivity contribution in [1.82, 2.24) is 19.7 Å². The third-order valence-corrected chi connectivity index (χ3v) is 4.58. The number of nitrogens with one attached hydrogen (secondary N) is 1. The first-order valence-corrected chi connectivity index (χ1v) is 8.72. The zero-order chi connectivity index (χ0) is 19.8. The van der Waals surface area contributed by atoms with Gasteiger partial charge in [-0.05, 0) is 18.2 Å². The lowest BCUT2D eigenvalue weighted by Gasteiger charge is -2.16. The average molecular weight is 395 g/mol. The minimum atomic E-state index is -4.52. The molecule has 0 bridgehead atoms. The monoisotopic (exact) mass is 395 g/mol. The van der Waals surface area contributed by atoms with E-state index in [2.05, 4.69) is 20.4 Å². The number of nitrogens with zero attached hydrogens (tertiary/aromatic N) is 4. The van der Waals surface area contributed by atoms with Gasteiger partial charge in [0.1, 0.15) is 17.7 Å².